The number of ether oxygens (including phenoxy) is 2. The van der Waals surface area contributed by atoms with E-state index >= 15 is 0 Å². The van der Waals surface area contributed by atoms with Crippen molar-refractivity contribution in [2.75, 3.05) is 13.2 Å². The molecule has 1 fully saturated rings. The number of carbonyl (C=O) groups excluding carboxylic acids is 1. The minimum absolute atomic E-state index is 0.185. The summed E-state index contributed by atoms with van der Waals surface area (Å²) >= 11 is 0. The van der Waals surface area contributed by atoms with Gasteiger partial charge in [0, 0.05) is 6.42 Å². The lowest BCUT2D eigenvalue weighted by Gasteiger charge is -2.40. The molecule has 0 aromatic heterocycles. The van der Waals surface area contributed by atoms with E-state index in [2.05, 4.69) is 116 Å². The Kier molecular flexibility index (Phi) is 59.0. The van der Waals surface area contributed by atoms with E-state index in [0.717, 1.165) is 83.5 Å². The number of nitrogens with one attached hydrogen (secondary N) is 1. The predicted molar refractivity (Wildman–Crippen MR) is 359 cm³/mol. The molecule has 6 N–H and O–H groups in total. The molecule has 0 aliphatic carbocycles. The fourth-order valence-electron chi connectivity index (χ4n) is 10.6. The average Bonchev–Trinajstić information content (AvgIpc) is 3.70. The molecule has 1 aliphatic heterocycles. The lowest BCUT2D eigenvalue weighted by molar-refractivity contribution is -0.302. The minimum Gasteiger partial charge on any atom is -0.394 e. The van der Waals surface area contributed by atoms with Gasteiger partial charge in [0.15, 0.2) is 6.29 Å². The van der Waals surface area contributed by atoms with Gasteiger partial charge in [-0.3, -0.25) is 4.79 Å². The summed E-state index contributed by atoms with van der Waals surface area (Å²) in [7, 11) is 0. The Morgan fingerprint density at radius 1 is 0.417 bits per heavy atom. The molecule has 1 saturated heterocycles. The maximum Gasteiger partial charge on any atom is 0.220 e. The maximum atomic E-state index is 13.1. The van der Waals surface area contributed by atoms with Gasteiger partial charge in [-0.05, 0) is 89.9 Å². The Hall–Kier alpha value is -3.15. The van der Waals surface area contributed by atoms with E-state index in [0.29, 0.717) is 6.42 Å². The van der Waals surface area contributed by atoms with Crippen LogP contribution in [0, 0.1) is 0 Å². The van der Waals surface area contributed by atoms with E-state index in [4.69, 9.17) is 9.47 Å². The highest BCUT2D eigenvalue weighted by atomic mass is 16.7. The highest BCUT2D eigenvalue weighted by Crippen LogP contribution is 2.23. The Morgan fingerprint density at radius 2 is 0.750 bits per heavy atom. The van der Waals surface area contributed by atoms with Crippen LogP contribution in [0.2, 0.25) is 0 Å². The van der Waals surface area contributed by atoms with Crippen molar-refractivity contribution in [3.05, 3.63) is 109 Å². The SMILES string of the molecule is CC/C=C\C/C=C\C/C=C\C/C=C\C/C=C\C/C=C\C/C=C\CCCCCCCCCCCCCCCCCCCCCC(=O)NC(COC1OC(CO)C(O)C(O)C1O)C(O)/C=C/CC/C=C/CCCCCCCCCCCCCCCC. The molecular formula is C75H131NO8. The van der Waals surface area contributed by atoms with Gasteiger partial charge in [-0.25, -0.2) is 0 Å². The number of aliphatic hydroxyl groups excluding tert-OH is 5. The van der Waals surface area contributed by atoms with Crippen LogP contribution in [0.4, 0.5) is 0 Å². The number of carbonyl (C=O) groups is 1. The van der Waals surface area contributed by atoms with Crippen molar-refractivity contribution < 1.29 is 39.8 Å². The molecule has 1 heterocycles. The number of hydrogen-bond acceptors (Lipinski definition) is 8. The third-order valence-electron chi connectivity index (χ3n) is 16.1. The second-order valence-corrected chi connectivity index (χ2v) is 23.9. The average molecular weight is 1170 g/mol. The molecule has 9 heteroatoms. The summed E-state index contributed by atoms with van der Waals surface area (Å²) in [6, 6.07) is -0.826. The number of aliphatic hydroxyl groups is 5. The molecule has 484 valence electrons. The standard InChI is InChI=1S/C75H131NO8/c1-3-5-7-9-11-13-15-17-19-21-23-25-26-27-28-29-30-31-32-33-34-35-36-37-38-39-40-41-42-43-44-45-47-49-51-53-55-57-59-61-63-65-71(79)76-68(67-83-75-74(82)73(81)72(80)70(66-77)84-75)69(78)64-62-60-58-56-54-52-50-48-46-24-22-20-18-16-14-12-10-8-6-4-2/h5,7,11,13,17,19,23,25,27-28,30-31,33-34,54,56,62,64,68-70,72-75,77-78,80-82H,3-4,6,8-10,12,14-16,18,20-22,24,26,29,32,35-53,55,57-61,63,65-67H2,1-2H3,(H,76,79)/b7-5-,13-11-,19-17-,25-23-,28-27-,31-30-,34-33-,56-54+,64-62+. The molecule has 0 aromatic carbocycles. The number of hydrogen-bond donors (Lipinski definition) is 6. The molecule has 0 spiro atoms. The van der Waals surface area contributed by atoms with Gasteiger partial charge in [0.2, 0.25) is 5.91 Å². The van der Waals surface area contributed by atoms with E-state index in [9.17, 15) is 30.3 Å². The van der Waals surface area contributed by atoms with Crippen LogP contribution in [0.3, 0.4) is 0 Å². The number of unbranched alkanes of at least 4 members (excludes halogenated alkanes) is 34. The summed E-state index contributed by atoms with van der Waals surface area (Å²) in [6.07, 6.45) is 86.3. The Balaban J connectivity index is 2.10. The second kappa shape index (κ2) is 62.9. The summed E-state index contributed by atoms with van der Waals surface area (Å²) in [5, 5.41) is 54.7. The van der Waals surface area contributed by atoms with E-state index in [1.54, 1.807) is 6.08 Å². The van der Waals surface area contributed by atoms with Crippen molar-refractivity contribution in [3.63, 3.8) is 0 Å². The summed E-state index contributed by atoms with van der Waals surface area (Å²) in [4.78, 5) is 13.1. The Morgan fingerprint density at radius 3 is 1.14 bits per heavy atom. The molecule has 0 bridgehead atoms. The molecular weight excluding hydrogens is 1040 g/mol. The Bertz CT molecular complexity index is 1690. The van der Waals surface area contributed by atoms with Gasteiger partial charge in [-0.1, -0.05) is 316 Å². The van der Waals surface area contributed by atoms with Crippen LogP contribution in [0.1, 0.15) is 303 Å². The highest BCUT2D eigenvalue weighted by molar-refractivity contribution is 5.76. The topological polar surface area (TPSA) is 149 Å². The summed E-state index contributed by atoms with van der Waals surface area (Å²) in [6.45, 7) is 3.67. The van der Waals surface area contributed by atoms with E-state index in [1.165, 1.54) is 199 Å². The van der Waals surface area contributed by atoms with Crippen molar-refractivity contribution in [2.24, 2.45) is 0 Å². The van der Waals surface area contributed by atoms with Crippen molar-refractivity contribution in [2.45, 2.75) is 346 Å². The van der Waals surface area contributed by atoms with Crippen LogP contribution in [0.15, 0.2) is 109 Å². The zero-order chi connectivity index (χ0) is 60.7. The normalized spacial score (nSPS) is 18.9. The van der Waals surface area contributed by atoms with Gasteiger partial charge in [-0.15, -0.1) is 0 Å². The van der Waals surface area contributed by atoms with E-state index in [-0.39, 0.29) is 12.5 Å². The van der Waals surface area contributed by atoms with E-state index in [1.807, 2.05) is 6.08 Å². The van der Waals surface area contributed by atoms with Gasteiger partial charge < -0.3 is 40.3 Å². The van der Waals surface area contributed by atoms with Crippen LogP contribution in [0.25, 0.3) is 0 Å². The fourth-order valence-corrected chi connectivity index (χ4v) is 10.6. The number of amides is 1. The summed E-state index contributed by atoms with van der Waals surface area (Å²) in [5.74, 6) is -0.185. The molecule has 0 radical (unpaired) electrons. The largest absolute Gasteiger partial charge is 0.394 e. The van der Waals surface area contributed by atoms with Crippen molar-refractivity contribution in [3.8, 4) is 0 Å². The first-order valence-electron chi connectivity index (χ1n) is 35.1. The smallest absolute Gasteiger partial charge is 0.220 e. The lowest BCUT2D eigenvalue weighted by Crippen LogP contribution is -2.60. The molecule has 1 amide bonds. The first-order valence-corrected chi connectivity index (χ1v) is 35.1. The van der Waals surface area contributed by atoms with Crippen LogP contribution >= 0.6 is 0 Å². The van der Waals surface area contributed by atoms with Crippen LogP contribution < -0.4 is 5.32 Å². The summed E-state index contributed by atoms with van der Waals surface area (Å²) in [5.41, 5.74) is 0. The van der Waals surface area contributed by atoms with Gasteiger partial charge >= 0.3 is 0 Å². The third kappa shape index (κ3) is 50.9. The van der Waals surface area contributed by atoms with Crippen LogP contribution in [-0.4, -0.2) is 87.5 Å². The van der Waals surface area contributed by atoms with Crippen molar-refractivity contribution >= 4 is 5.91 Å². The predicted octanol–water partition coefficient (Wildman–Crippen LogP) is 19.2. The maximum absolute atomic E-state index is 13.1. The Labute approximate surface area is 516 Å². The van der Waals surface area contributed by atoms with E-state index < -0.39 is 49.5 Å². The van der Waals surface area contributed by atoms with Crippen molar-refractivity contribution in [1.82, 2.24) is 5.32 Å². The van der Waals surface area contributed by atoms with Gasteiger partial charge in [-0.2, -0.15) is 0 Å². The zero-order valence-electron chi connectivity index (χ0n) is 54.1. The van der Waals surface area contributed by atoms with Gasteiger partial charge in [0.25, 0.3) is 0 Å². The molecule has 7 atom stereocenters. The molecule has 1 aliphatic rings. The first kappa shape index (κ1) is 78.9. The summed E-state index contributed by atoms with van der Waals surface area (Å²) < 4.78 is 11.3. The molecule has 9 nitrogen and oxygen atoms in total. The third-order valence-corrected chi connectivity index (χ3v) is 16.1. The minimum atomic E-state index is -1.58. The second-order valence-electron chi connectivity index (χ2n) is 23.9. The quantitative estimate of drug-likeness (QED) is 0.0261. The number of rotatable bonds is 60. The molecule has 0 saturated carbocycles. The molecule has 7 unspecified atom stereocenters. The molecule has 0 aromatic rings. The van der Waals surface area contributed by atoms with Gasteiger partial charge in [0.1, 0.15) is 24.4 Å². The highest BCUT2D eigenvalue weighted by Gasteiger charge is 2.44. The lowest BCUT2D eigenvalue weighted by atomic mass is 9.99. The monoisotopic (exact) mass is 1170 g/mol. The van der Waals surface area contributed by atoms with Gasteiger partial charge in [0.05, 0.1) is 25.4 Å². The molecule has 84 heavy (non-hydrogen) atoms. The molecule has 1 rings (SSSR count). The fraction of sp³-hybridized carbons (Fsp3) is 0.747. The van der Waals surface area contributed by atoms with Crippen LogP contribution in [-0.2, 0) is 14.3 Å². The van der Waals surface area contributed by atoms with Crippen LogP contribution in [0.5, 0.6) is 0 Å². The first-order chi connectivity index (χ1) is 41.3. The zero-order valence-corrected chi connectivity index (χ0v) is 54.1. The van der Waals surface area contributed by atoms with Crippen molar-refractivity contribution in [1.29, 1.82) is 0 Å². The number of allylic oxidation sites excluding steroid dienone is 17.